The molecule has 0 amide bonds. The molecule has 0 spiro atoms. The summed E-state index contributed by atoms with van der Waals surface area (Å²) in [7, 11) is 0. The van der Waals surface area contributed by atoms with E-state index in [1.165, 1.54) is 22.3 Å². The van der Waals surface area contributed by atoms with Gasteiger partial charge in [-0.25, -0.2) is 15.0 Å². The standard InChI is InChI=1S/C53H33N3O/c1-4-15-34(16-5-1)35-27-29-37(30-28-35)46-33-47-49-45(25-14-26-48(49)57-50(47)43-24-13-12-23-42(43)46)53-55-51(38-19-8-3-9-20-38)54-52(56-53)44-32-31-39(36-17-6-2-7-18-36)40-21-10-11-22-41(40)44/h1-33H. The highest BCUT2D eigenvalue weighted by atomic mass is 16.3. The van der Waals surface area contributed by atoms with Crippen molar-refractivity contribution in [2.24, 2.45) is 0 Å². The van der Waals surface area contributed by atoms with Crippen molar-refractivity contribution >= 4 is 43.5 Å². The number of hydrogen-bond acceptors (Lipinski definition) is 4. The van der Waals surface area contributed by atoms with Crippen LogP contribution < -0.4 is 0 Å². The predicted molar refractivity (Wildman–Crippen MR) is 235 cm³/mol. The Balaban J connectivity index is 1.14. The van der Waals surface area contributed by atoms with Crippen LogP contribution in [0.5, 0.6) is 0 Å². The number of nitrogens with zero attached hydrogens (tertiary/aromatic N) is 3. The summed E-state index contributed by atoms with van der Waals surface area (Å²) >= 11 is 0. The summed E-state index contributed by atoms with van der Waals surface area (Å²) in [6.45, 7) is 0. The molecule has 0 atom stereocenters. The second-order valence-electron chi connectivity index (χ2n) is 14.3. The minimum absolute atomic E-state index is 0.588. The van der Waals surface area contributed by atoms with Crippen molar-refractivity contribution < 1.29 is 4.42 Å². The highest BCUT2D eigenvalue weighted by molar-refractivity contribution is 6.22. The first kappa shape index (κ1) is 32.7. The molecular formula is C53H33N3O. The Labute approximate surface area is 329 Å². The van der Waals surface area contributed by atoms with E-state index in [4.69, 9.17) is 19.4 Å². The summed E-state index contributed by atoms with van der Waals surface area (Å²) in [5.74, 6) is 1.82. The molecule has 0 aliphatic carbocycles. The van der Waals surface area contributed by atoms with Gasteiger partial charge in [0.25, 0.3) is 0 Å². The van der Waals surface area contributed by atoms with Crippen molar-refractivity contribution in [2.75, 3.05) is 0 Å². The molecule has 57 heavy (non-hydrogen) atoms. The van der Waals surface area contributed by atoms with Gasteiger partial charge in [-0.1, -0.05) is 182 Å². The molecule has 266 valence electrons. The minimum Gasteiger partial charge on any atom is -0.455 e. The quantitative estimate of drug-likeness (QED) is 0.171. The van der Waals surface area contributed by atoms with Crippen molar-refractivity contribution in [3.63, 3.8) is 0 Å². The zero-order chi connectivity index (χ0) is 37.7. The number of benzene rings is 9. The molecule has 0 saturated heterocycles. The fraction of sp³-hybridized carbons (Fsp3) is 0. The Kier molecular flexibility index (Phi) is 7.78. The van der Waals surface area contributed by atoms with Gasteiger partial charge in [-0.15, -0.1) is 0 Å². The molecule has 4 heteroatoms. The van der Waals surface area contributed by atoms with Crippen LogP contribution in [0.3, 0.4) is 0 Å². The number of furan rings is 1. The topological polar surface area (TPSA) is 51.8 Å². The van der Waals surface area contributed by atoms with E-state index in [0.717, 1.165) is 71.3 Å². The monoisotopic (exact) mass is 727 g/mol. The number of rotatable bonds is 6. The van der Waals surface area contributed by atoms with Crippen LogP contribution in [0.4, 0.5) is 0 Å². The van der Waals surface area contributed by atoms with Gasteiger partial charge in [-0.2, -0.15) is 0 Å². The number of fused-ring (bicyclic) bond motifs is 6. The maximum absolute atomic E-state index is 6.77. The Morgan fingerprint density at radius 1 is 0.281 bits per heavy atom. The van der Waals surface area contributed by atoms with Crippen LogP contribution in [-0.2, 0) is 0 Å². The van der Waals surface area contributed by atoms with Gasteiger partial charge in [0.2, 0.25) is 0 Å². The second kappa shape index (κ2) is 13.6. The Morgan fingerprint density at radius 2 is 0.754 bits per heavy atom. The molecule has 9 aromatic carbocycles. The van der Waals surface area contributed by atoms with Crippen molar-refractivity contribution in [2.45, 2.75) is 0 Å². The van der Waals surface area contributed by atoms with Crippen LogP contribution in [0.2, 0.25) is 0 Å². The molecule has 4 nitrogen and oxygen atoms in total. The Bertz CT molecular complexity index is 3260. The third-order valence-electron chi connectivity index (χ3n) is 11.0. The van der Waals surface area contributed by atoms with Crippen molar-refractivity contribution in [1.82, 2.24) is 15.0 Å². The SMILES string of the molecule is c1ccc(-c2ccc(-c3cc4c(oc5cccc(-c6nc(-c7ccccc7)nc(-c7ccc(-c8ccccc8)c8ccccc78)n6)c54)c4ccccc34)cc2)cc1. The molecule has 0 aliphatic rings. The van der Waals surface area contributed by atoms with Gasteiger partial charge in [-0.3, -0.25) is 0 Å². The van der Waals surface area contributed by atoms with E-state index >= 15 is 0 Å². The van der Waals surface area contributed by atoms with Crippen LogP contribution >= 0.6 is 0 Å². The first-order chi connectivity index (χ1) is 28.3. The van der Waals surface area contributed by atoms with Crippen LogP contribution in [-0.4, -0.2) is 15.0 Å². The highest BCUT2D eigenvalue weighted by Gasteiger charge is 2.21. The fourth-order valence-corrected chi connectivity index (χ4v) is 8.24. The lowest BCUT2D eigenvalue weighted by Crippen LogP contribution is -2.01. The molecule has 0 fully saturated rings. The van der Waals surface area contributed by atoms with E-state index in [0.29, 0.717) is 17.5 Å². The Morgan fingerprint density at radius 3 is 1.44 bits per heavy atom. The van der Waals surface area contributed by atoms with Crippen molar-refractivity contribution in [1.29, 1.82) is 0 Å². The molecule has 11 aromatic rings. The summed E-state index contributed by atoms with van der Waals surface area (Å²) in [6.07, 6.45) is 0. The van der Waals surface area contributed by atoms with Gasteiger partial charge < -0.3 is 4.42 Å². The molecule has 0 saturated carbocycles. The molecule has 2 aromatic heterocycles. The molecular weight excluding hydrogens is 695 g/mol. The maximum atomic E-state index is 6.77. The maximum Gasteiger partial charge on any atom is 0.164 e. The summed E-state index contributed by atoms with van der Waals surface area (Å²) in [5.41, 5.74) is 11.4. The van der Waals surface area contributed by atoms with Gasteiger partial charge in [0.05, 0.1) is 0 Å². The minimum atomic E-state index is 0.588. The predicted octanol–water partition coefficient (Wildman–Crippen LogP) is 14.1. The average molecular weight is 728 g/mol. The smallest absolute Gasteiger partial charge is 0.164 e. The van der Waals surface area contributed by atoms with E-state index < -0.39 is 0 Å². The molecule has 0 unspecified atom stereocenters. The first-order valence-corrected chi connectivity index (χ1v) is 19.2. The molecule has 0 N–H and O–H groups in total. The van der Waals surface area contributed by atoms with Crippen LogP contribution in [0.15, 0.2) is 205 Å². The van der Waals surface area contributed by atoms with Gasteiger partial charge >= 0.3 is 0 Å². The van der Waals surface area contributed by atoms with Crippen LogP contribution in [0.1, 0.15) is 0 Å². The molecule has 0 bridgehead atoms. The second-order valence-corrected chi connectivity index (χ2v) is 14.3. The number of hydrogen-bond donors (Lipinski definition) is 0. The zero-order valence-electron chi connectivity index (χ0n) is 30.8. The van der Waals surface area contributed by atoms with Gasteiger partial charge in [0.15, 0.2) is 17.5 Å². The molecule has 2 heterocycles. The van der Waals surface area contributed by atoms with Gasteiger partial charge in [-0.05, 0) is 67.7 Å². The summed E-state index contributed by atoms with van der Waals surface area (Å²) in [4.78, 5) is 15.7. The third kappa shape index (κ3) is 5.66. The summed E-state index contributed by atoms with van der Waals surface area (Å²) < 4.78 is 6.77. The van der Waals surface area contributed by atoms with Crippen LogP contribution in [0.25, 0.3) is 111 Å². The third-order valence-corrected chi connectivity index (χ3v) is 11.0. The van der Waals surface area contributed by atoms with Crippen molar-refractivity contribution in [3.05, 3.63) is 200 Å². The van der Waals surface area contributed by atoms with Gasteiger partial charge in [0, 0.05) is 32.8 Å². The number of aromatic nitrogens is 3. The highest BCUT2D eigenvalue weighted by Crippen LogP contribution is 2.43. The fourth-order valence-electron chi connectivity index (χ4n) is 8.24. The van der Waals surface area contributed by atoms with E-state index in [2.05, 4.69) is 158 Å². The first-order valence-electron chi connectivity index (χ1n) is 19.2. The summed E-state index contributed by atoms with van der Waals surface area (Å²) in [5, 5.41) is 6.41. The lowest BCUT2D eigenvalue weighted by Gasteiger charge is -2.13. The van der Waals surface area contributed by atoms with E-state index in [1.54, 1.807) is 0 Å². The summed E-state index contributed by atoms with van der Waals surface area (Å²) in [6, 6.07) is 69.8. The Hall–Kier alpha value is -7.69. The zero-order valence-corrected chi connectivity index (χ0v) is 30.8. The van der Waals surface area contributed by atoms with Gasteiger partial charge in [0.1, 0.15) is 11.2 Å². The lowest BCUT2D eigenvalue weighted by molar-refractivity contribution is 0.673. The molecule has 0 radical (unpaired) electrons. The molecule has 0 aliphatic heterocycles. The van der Waals surface area contributed by atoms with Crippen molar-refractivity contribution in [3.8, 4) is 67.5 Å². The largest absolute Gasteiger partial charge is 0.455 e. The average Bonchev–Trinajstić information content (AvgIpc) is 3.68. The normalized spacial score (nSPS) is 11.5. The van der Waals surface area contributed by atoms with E-state index in [1.807, 2.05) is 42.5 Å². The van der Waals surface area contributed by atoms with Crippen LogP contribution in [0, 0.1) is 0 Å². The lowest BCUT2D eigenvalue weighted by atomic mass is 9.93. The van der Waals surface area contributed by atoms with E-state index in [9.17, 15) is 0 Å². The molecule has 11 rings (SSSR count). The van der Waals surface area contributed by atoms with E-state index in [-0.39, 0.29) is 0 Å².